The molecule has 2 aliphatic rings. The van der Waals surface area contributed by atoms with Crippen LogP contribution in [0.5, 0.6) is 0 Å². The highest BCUT2D eigenvalue weighted by atomic mass is 16.1. The van der Waals surface area contributed by atoms with Gasteiger partial charge in [-0.3, -0.25) is 19.7 Å². The molecule has 0 unspecified atom stereocenters. The monoisotopic (exact) mass is 274 g/mol. The molecular formula is C15H22N4O. The Morgan fingerprint density at radius 2 is 1.95 bits per heavy atom. The second-order valence-corrected chi connectivity index (χ2v) is 6.47. The zero-order chi connectivity index (χ0) is 14.2. The maximum absolute atomic E-state index is 11.5. The van der Waals surface area contributed by atoms with E-state index in [2.05, 4.69) is 34.3 Å². The summed E-state index contributed by atoms with van der Waals surface area (Å²) in [5.41, 5.74) is 1.20. The van der Waals surface area contributed by atoms with Crippen LogP contribution in [0.15, 0.2) is 18.6 Å². The average molecular weight is 274 g/mol. The van der Waals surface area contributed by atoms with Crippen LogP contribution in [0.1, 0.15) is 37.8 Å². The van der Waals surface area contributed by atoms with E-state index in [1.807, 2.05) is 6.20 Å². The van der Waals surface area contributed by atoms with Gasteiger partial charge in [0.2, 0.25) is 5.91 Å². The molecule has 1 saturated heterocycles. The summed E-state index contributed by atoms with van der Waals surface area (Å²) in [5, 5.41) is 3.00. The third-order valence-corrected chi connectivity index (χ3v) is 5.23. The van der Waals surface area contributed by atoms with Crippen molar-refractivity contribution < 1.29 is 4.79 Å². The minimum Gasteiger partial charge on any atom is -0.356 e. The fourth-order valence-corrected chi connectivity index (χ4v) is 3.77. The average Bonchev–Trinajstić information content (AvgIpc) is 2.82. The Bertz CT molecular complexity index is 492. The van der Waals surface area contributed by atoms with E-state index in [1.165, 1.54) is 0 Å². The zero-order valence-corrected chi connectivity index (χ0v) is 12.2. The first kappa shape index (κ1) is 13.5. The summed E-state index contributed by atoms with van der Waals surface area (Å²) in [5.74, 6) is 0.210. The number of aromatic nitrogens is 2. The molecule has 5 heteroatoms. The standard InChI is InChI=1S/C15H22N4O/c1-19(2)15(12-10-16-7-8-17-12)5-3-14(4-6-15)9-13(20)18-11-14/h7-8,10H,3-6,9,11H2,1-2H3,(H,18,20). The lowest BCUT2D eigenvalue weighted by atomic mass is 9.65. The Morgan fingerprint density at radius 3 is 2.45 bits per heavy atom. The first-order chi connectivity index (χ1) is 9.56. The molecule has 1 aliphatic heterocycles. The normalized spacial score (nSPS) is 33.6. The van der Waals surface area contributed by atoms with Gasteiger partial charge in [0.1, 0.15) is 0 Å². The van der Waals surface area contributed by atoms with Crippen molar-refractivity contribution >= 4 is 5.91 Å². The fraction of sp³-hybridized carbons (Fsp3) is 0.667. The molecular weight excluding hydrogens is 252 g/mol. The van der Waals surface area contributed by atoms with Crippen molar-refractivity contribution in [3.8, 4) is 0 Å². The highest BCUT2D eigenvalue weighted by Gasteiger charge is 2.48. The van der Waals surface area contributed by atoms with E-state index in [-0.39, 0.29) is 16.9 Å². The molecule has 20 heavy (non-hydrogen) atoms. The third-order valence-electron chi connectivity index (χ3n) is 5.23. The summed E-state index contributed by atoms with van der Waals surface area (Å²) in [6.45, 7) is 0.843. The number of hydrogen-bond donors (Lipinski definition) is 1. The number of nitrogens with zero attached hydrogens (tertiary/aromatic N) is 3. The lowest BCUT2D eigenvalue weighted by molar-refractivity contribution is -0.120. The summed E-state index contributed by atoms with van der Waals surface area (Å²) in [6, 6.07) is 0. The van der Waals surface area contributed by atoms with Crippen molar-refractivity contribution in [2.45, 2.75) is 37.6 Å². The Hall–Kier alpha value is -1.49. The van der Waals surface area contributed by atoms with Gasteiger partial charge in [-0.1, -0.05) is 0 Å². The smallest absolute Gasteiger partial charge is 0.220 e. The Balaban J connectivity index is 1.84. The predicted molar refractivity (Wildman–Crippen MR) is 75.9 cm³/mol. The molecule has 0 bridgehead atoms. The van der Waals surface area contributed by atoms with Crippen LogP contribution in [0.3, 0.4) is 0 Å². The second-order valence-electron chi connectivity index (χ2n) is 6.47. The predicted octanol–water partition coefficient (Wildman–Crippen LogP) is 1.31. The third kappa shape index (κ3) is 2.10. The van der Waals surface area contributed by atoms with Crippen molar-refractivity contribution in [2.24, 2.45) is 5.41 Å². The van der Waals surface area contributed by atoms with Crippen LogP contribution in [-0.2, 0) is 10.3 Å². The van der Waals surface area contributed by atoms with Crippen LogP contribution in [0, 0.1) is 5.41 Å². The molecule has 5 nitrogen and oxygen atoms in total. The van der Waals surface area contributed by atoms with Gasteiger partial charge in [-0.2, -0.15) is 0 Å². The highest BCUT2D eigenvalue weighted by Crippen LogP contribution is 2.49. The van der Waals surface area contributed by atoms with Crippen LogP contribution in [0.25, 0.3) is 0 Å². The molecule has 1 saturated carbocycles. The van der Waals surface area contributed by atoms with Crippen LogP contribution < -0.4 is 5.32 Å². The number of rotatable bonds is 2. The fourth-order valence-electron chi connectivity index (χ4n) is 3.77. The van der Waals surface area contributed by atoms with Gasteiger partial charge in [0.15, 0.2) is 0 Å². The van der Waals surface area contributed by atoms with Gasteiger partial charge in [-0.25, -0.2) is 0 Å². The van der Waals surface area contributed by atoms with E-state index in [0.717, 1.165) is 37.9 Å². The summed E-state index contributed by atoms with van der Waals surface area (Å²) in [6.07, 6.45) is 10.3. The number of nitrogens with one attached hydrogen (secondary N) is 1. The van der Waals surface area contributed by atoms with Gasteiger partial charge in [0.05, 0.1) is 17.4 Å². The van der Waals surface area contributed by atoms with Crippen molar-refractivity contribution in [2.75, 3.05) is 20.6 Å². The molecule has 1 aromatic rings. The largest absolute Gasteiger partial charge is 0.356 e. The molecule has 3 rings (SSSR count). The van der Waals surface area contributed by atoms with Crippen LogP contribution in [-0.4, -0.2) is 41.4 Å². The van der Waals surface area contributed by atoms with Crippen molar-refractivity contribution in [1.82, 2.24) is 20.2 Å². The molecule has 1 aliphatic carbocycles. The van der Waals surface area contributed by atoms with Gasteiger partial charge < -0.3 is 5.32 Å². The Kier molecular flexibility index (Phi) is 3.24. The van der Waals surface area contributed by atoms with Gasteiger partial charge in [0.25, 0.3) is 0 Å². The summed E-state index contributed by atoms with van der Waals surface area (Å²) in [4.78, 5) is 22.6. The van der Waals surface area contributed by atoms with E-state index in [9.17, 15) is 4.79 Å². The van der Waals surface area contributed by atoms with E-state index in [0.29, 0.717) is 6.42 Å². The minimum atomic E-state index is -0.0366. The minimum absolute atomic E-state index is 0.0366. The maximum atomic E-state index is 11.5. The lowest BCUT2D eigenvalue weighted by Gasteiger charge is -2.47. The maximum Gasteiger partial charge on any atom is 0.220 e. The van der Waals surface area contributed by atoms with E-state index in [4.69, 9.17) is 0 Å². The highest BCUT2D eigenvalue weighted by molar-refractivity contribution is 5.79. The lowest BCUT2D eigenvalue weighted by Crippen LogP contribution is -2.47. The number of hydrogen-bond acceptors (Lipinski definition) is 4. The summed E-state index contributed by atoms with van der Waals surface area (Å²) < 4.78 is 0. The van der Waals surface area contributed by atoms with Gasteiger partial charge in [-0.15, -0.1) is 0 Å². The topological polar surface area (TPSA) is 58.1 Å². The van der Waals surface area contributed by atoms with Gasteiger partial charge >= 0.3 is 0 Å². The molecule has 0 radical (unpaired) electrons. The van der Waals surface area contributed by atoms with E-state index < -0.39 is 0 Å². The Labute approximate surface area is 119 Å². The summed E-state index contributed by atoms with van der Waals surface area (Å²) >= 11 is 0. The molecule has 0 atom stereocenters. The number of carbonyl (C=O) groups is 1. The number of amides is 1. The van der Waals surface area contributed by atoms with E-state index >= 15 is 0 Å². The van der Waals surface area contributed by atoms with Crippen LogP contribution in [0.4, 0.5) is 0 Å². The van der Waals surface area contributed by atoms with Crippen LogP contribution >= 0.6 is 0 Å². The molecule has 2 heterocycles. The van der Waals surface area contributed by atoms with Crippen LogP contribution in [0.2, 0.25) is 0 Å². The van der Waals surface area contributed by atoms with Gasteiger partial charge in [-0.05, 0) is 45.2 Å². The molecule has 1 aromatic heterocycles. The van der Waals surface area contributed by atoms with E-state index in [1.54, 1.807) is 12.4 Å². The summed E-state index contributed by atoms with van der Waals surface area (Å²) in [7, 11) is 4.23. The molecule has 0 aromatic carbocycles. The SMILES string of the molecule is CN(C)C1(c2cnccn2)CCC2(CC1)CNC(=O)C2. The zero-order valence-electron chi connectivity index (χ0n) is 12.2. The van der Waals surface area contributed by atoms with Gasteiger partial charge in [0, 0.05) is 25.4 Å². The van der Waals surface area contributed by atoms with Crippen molar-refractivity contribution in [3.63, 3.8) is 0 Å². The molecule has 2 fully saturated rings. The van der Waals surface area contributed by atoms with Crippen molar-refractivity contribution in [3.05, 3.63) is 24.3 Å². The van der Waals surface area contributed by atoms with Crippen molar-refractivity contribution in [1.29, 1.82) is 0 Å². The Morgan fingerprint density at radius 1 is 1.20 bits per heavy atom. The molecule has 1 amide bonds. The second kappa shape index (κ2) is 4.81. The molecule has 1 N–H and O–H groups in total. The first-order valence-electron chi connectivity index (χ1n) is 7.27. The quantitative estimate of drug-likeness (QED) is 0.883. The molecule has 108 valence electrons. The first-order valence-corrected chi connectivity index (χ1v) is 7.27. The molecule has 1 spiro atoms. The number of carbonyl (C=O) groups excluding carboxylic acids is 1.